The van der Waals surface area contributed by atoms with E-state index in [2.05, 4.69) is 10.6 Å². The molecule has 0 radical (unpaired) electrons. The fourth-order valence-corrected chi connectivity index (χ4v) is 5.53. The van der Waals surface area contributed by atoms with Crippen LogP contribution in [0.5, 0.6) is 0 Å². The number of halogens is 4. The van der Waals surface area contributed by atoms with Gasteiger partial charge in [0.1, 0.15) is 12.6 Å². The van der Waals surface area contributed by atoms with E-state index in [-0.39, 0.29) is 38.0 Å². The maximum absolute atomic E-state index is 14.0. The maximum atomic E-state index is 14.0. The van der Waals surface area contributed by atoms with Gasteiger partial charge in [0.25, 0.3) is 11.8 Å². The van der Waals surface area contributed by atoms with Gasteiger partial charge in [-0.1, -0.05) is 24.9 Å². The maximum Gasteiger partial charge on any atom is 0.418 e. The minimum Gasteiger partial charge on any atom is -0.370 e. The van der Waals surface area contributed by atoms with Crippen molar-refractivity contribution in [3.63, 3.8) is 0 Å². The third-order valence-electron chi connectivity index (χ3n) is 6.73. The highest BCUT2D eigenvalue weighted by atomic mass is 35.5. The van der Waals surface area contributed by atoms with Crippen molar-refractivity contribution in [2.75, 3.05) is 43.1 Å². The van der Waals surface area contributed by atoms with E-state index in [4.69, 9.17) is 16.3 Å². The predicted molar refractivity (Wildman–Crippen MR) is 139 cm³/mol. The molecule has 1 saturated carbocycles. The van der Waals surface area contributed by atoms with Gasteiger partial charge in [-0.25, -0.2) is 0 Å². The molecular formula is C25H28ClF3N4O4S. The van der Waals surface area contributed by atoms with E-state index in [1.54, 1.807) is 12.1 Å². The first-order valence-corrected chi connectivity index (χ1v) is 13.5. The predicted octanol–water partition coefficient (Wildman–Crippen LogP) is 4.40. The average Bonchev–Trinajstić information content (AvgIpc) is 3.28. The van der Waals surface area contributed by atoms with Gasteiger partial charge in [0.15, 0.2) is 0 Å². The first kappa shape index (κ1) is 28.3. The summed E-state index contributed by atoms with van der Waals surface area (Å²) >= 11 is 7.01. The third-order valence-corrected chi connectivity index (χ3v) is 7.96. The largest absolute Gasteiger partial charge is 0.418 e. The molecule has 2 fully saturated rings. The van der Waals surface area contributed by atoms with Gasteiger partial charge in [0.2, 0.25) is 5.91 Å². The van der Waals surface area contributed by atoms with E-state index < -0.39 is 41.2 Å². The van der Waals surface area contributed by atoms with Crippen molar-refractivity contribution in [1.29, 1.82) is 0 Å². The third kappa shape index (κ3) is 6.48. The molecular weight excluding hydrogens is 545 g/mol. The topological polar surface area (TPSA) is 91.0 Å². The highest BCUT2D eigenvalue weighted by Crippen LogP contribution is 2.38. The van der Waals surface area contributed by atoms with Crippen molar-refractivity contribution in [2.24, 2.45) is 0 Å². The van der Waals surface area contributed by atoms with E-state index >= 15 is 0 Å². The number of hydrogen-bond acceptors (Lipinski definition) is 6. The number of amides is 3. The van der Waals surface area contributed by atoms with Crippen molar-refractivity contribution >= 4 is 52.0 Å². The Bertz CT molecular complexity index is 1190. The number of rotatable bonds is 9. The first-order valence-electron chi connectivity index (χ1n) is 12.3. The second kappa shape index (κ2) is 12.0. The number of likely N-dealkylation sites (N-methyl/N-ethyl adjacent to an activating group) is 1. The number of benzene rings is 1. The van der Waals surface area contributed by atoms with Crippen LogP contribution in [0.25, 0.3) is 0 Å². The van der Waals surface area contributed by atoms with E-state index in [0.717, 1.165) is 42.7 Å². The standard InChI is InChI=1S/C25H28ClF3N4O4S/c1-2-32(15-4-3-5-15)19(13-30-24(36)20-8-9-21(26)38-20)23(35)31-18-7-6-16(12-17(18)25(27,28)29)33-10-11-37-14-22(33)34/h6-9,12,15,19H,2-5,10-11,13-14H2,1H3,(H,30,36)(H,31,35)/t19-/m1/s1. The minimum absolute atomic E-state index is 0.0756. The van der Waals surface area contributed by atoms with Gasteiger partial charge in [0.05, 0.1) is 27.1 Å². The number of carbonyl (C=O) groups excluding carboxylic acids is 3. The number of nitrogens with zero attached hydrogens (tertiary/aromatic N) is 2. The molecule has 4 rings (SSSR count). The Hall–Kier alpha value is -2.67. The average molecular weight is 573 g/mol. The van der Waals surface area contributed by atoms with Crippen LogP contribution >= 0.6 is 22.9 Å². The van der Waals surface area contributed by atoms with Gasteiger partial charge < -0.3 is 20.3 Å². The lowest BCUT2D eigenvalue weighted by molar-refractivity contribution is -0.137. The summed E-state index contributed by atoms with van der Waals surface area (Å²) in [7, 11) is 0. The molecule has 1 aromatic carbocycles. The smallest absolute Gasteiger partial charge is 0.370 e. The lowest BCUT2D eigenvalue weighted by Crippen LogP contribution is -2.56. The van der Waals surface area contributed by atoms with Crippen LogP contribution in [-0.2, 0) is 20.5 Å². The summed E-state index contributed by atoms with van der Waals surface area (Å²) in [6.45, 7) is 2.39. The zero-order valence-electron chi connectivity index (χ0n) is 20.6. The molecule has 206 valence electrons. The van der Waals surface area contributed by atoms with E-state index in [0.29, 0.717) is 15.8 Å². The number of morpholine rings is 1. The Kier molecular flexibility index (Phi) is 8.96. The number of nitrogens with one attached hydrogen (secondary N) is 2. The van der Waals surface area contributed by atoms with Crippen molar-refractivity contribution < 1.29 is 32.3 Å². The van der Waals surface area contributed by atoms with Gasteiger partial charge >= 0.3 is 6.18 Å². The Balaban J connectivity index is 1.57. The van der Waals surface area contributed by atoms with Crippen LogP contribution in [0.4, 0.5) is 24.5 Å². The highest BCUT2D eigenvalue weighted by Gasteiger charge is 2.38. The van der Waals surface area contributed by atoms with Crippen LogP contribution < -0.4 is 15.5 Å². The molecule has 1 aliphatic heterocycles. The molecule has 2 N–H and O–H groups in total. The van der Waals surface area contributed by atoms with Crippen LogP contribution in [0.3, 0.4) is 0 Å². The van der Waals surface area contributed by atoms with Crippen molar-refractivity contribution in [2.45, 2.75) is 44.4 Å². The summed E-state index contributed by atoms with van der Waals surface area (Å²) in [5.74, 6) is -1.52. The normalized spacial score (nSPS) is 17.3. The molecule has 1 saturated heterocycles. The molecule has 1 aromatic heterocycles. The molecule has 2 aliphatic rings. The molecule has 2 aromatic rings. The molecule has 2 heterocycles. The van der Waals surface area contributed by atoms with Gasteiger partial charge in [-0.15, -0.1) is 11.3 Å². The number of ether oxygens (including phenoxy) is 1. The lowest BCUT2D eigenvalue weighted by atomic mass is 9.90. The van der Waals surface area contributed by atoms with Crippen molar-refractivity contribution in [1.82, 2.24) is 10.2 Å². The summed E-state index contributed by atoms with van der Waals surface area (Å²) in [6, 6.07) is 5.74. The number of alkyl halides is 3. The van der Waals surface area contributed by atoms with E-state index in [1.807, 2.05) is 11.8 Å². The molecule has 0 unspecified atom stereocenters. The van der Waals surface area contributed by atoms with Gasteiger partial charge in [-0.3, -0.25) is 19.3 Å². The molecule has 3 amide bonds. The Morgan fingerprint density at radius 3 is 2.61 bits per heavy atom. The Labute approximate surface area is 227 Å². The Morgan fingerprint density at radius 1 is 1.26 bits per heavy atom. The fourth-order valence-electron chi connectivity index (χ4n) is 4.58. The van der Waals surface area contributed by atoms with Crippen molar-refractivity contribution in [3.8, 4) is 0 Å². The van der Waals surface area contributed by atoms with Gasteiger partial charge in [-0.2, -0.15) is 13.2 Å². The molecule has 8 nitrogen and oxygen atoms in total. The van der Waals surface area contributed by atoms with Gasteiger partial charge in [-0.05, 0) is 49.7 Å². The monoisotopic (exact) mass is 572 g/mol. The summed E-state index contributed by atoms with van der Waals surface area (Å²) in [5, 5.41) is 5.18. The molecule has 38 heavy (non-hydrogen) atoms. The second-order valence-electron chi connectivity index (χ2n) is 9.06. The van der Waals surface area contributed by atoms with Crippen molar-refractivity contribution in [3.05, 3.63) is 45.1 Å². The van der Waals surface area contributed by atoms with Crippen LogP contribution in [0.1, 0.15) is 41.4 Å². The number of hydrogen-bond donors (Lipinski definition) is 2. The van der Waals surface area contributed by atoms with Gasteiger partial charge in [0, 0.05) is 24.8 Å². The lowest BCUT2D eigenvalue weighted by Gasteiger charge is -2.41. The SMILES string of the molecule is CCN(C1CCC1)[C@H](CNC(=O)c1ccc(Cl)s1)C(=O)Nc1ccc(N2CCOCC2=O)cc1C(F)(F)F. The molecule has 1 atom stereocenters. The fraction of sp³-hybridized carbons (Fsp3) is 0.480. The molecule has 0 bridgehead atoms. The van der Waals surface area contributed by atoms with Crippen LogP contribution in [0.2, 0.25) is 4.34 Å². The highest BCUT2D eigenvalue weighted by molar-refractivity contribution is 7.18. The molecule has 13 heteroatoms. The second-order valence-corrected chi connectivity index (χ2v) is 10.8. The Morgan fingerprint density at radius 2 is 2.03 bits per heavy atom. The summed E-state index contributed by atoms with van der Waals surface area (Å²) in [5.41, 5.74) is -1.41. The van der Waals surface area contributed by atoms with Crippen LogP contribution in [-0.4, -0.2) is 67.6 Å². The minimum atomic E-state index is -4.78. The first-order chi connectivity index (χ1) is 18.1. The molecule has 0 spiro atoms. The number of thiophene rings is 1. The number of anilines is 2. The zero-order valence-corrected chi connectivity index (χ0v) is 22.2. The summed E-state index contributed by atoms with van der Waals surface area (Å²) in [4.78, 5) is 41.7. The van der Waals surface area contributed by atoms with Crippen LogP contribution in [0.15, 0.2) is 30.3 Å². The van der Waals surface area contributed by atoms with E-state index in [1.165, 1.54) is 11.0 Å². The summed E-state index contributed by atoms with van der Waals surface area (Å²) < 4.78 is 47.6. The zero-order chi connectivity index (χ0) is 27.4. The summed E-state index contributed by atoms with van der Waals surface area (Å²) in [6.07, 6.45) is -2.06. The quantitative estimate of drug-likeness (QED) is 0.465. The molecule has 1 aliphatic carbocycles. The van der Waals surface area contributed by atoms with E-state index in [9.17, 15) is 27.6 Å². The number of carbonyl (C=O) groups is 3. The van der Waals surface area contributed by atoms with Crippen LogP contribution in [0, 0.1) is 0 Å².